The molecule has 10 nitrogen and oxygen atoms in total. The molecular weight excluding hydrogens is 448 g/mol. The van der Waals surface area contributed by atoms with Gasteiger partial charge in [-0.1, -0.05) is 36.3 Å². The number of nitriles is 1. The number of pyridine rings is 1. The van der Waals surface area contributed by atoms with E-state index in [0.29, 0.717) is 5.56 Å². The number of nitrogens with one attached hydrogen (secondary N) is 1. The summed E-state index contributed by atoms with van der Waals surface area (Å²) in [7, 11) is 1.48. The number of rotatable bonds is 6. The molecule has 2 atom stereocenters. The molecule has 0 bridgehead atoms. The second-order valence-corrected chi connectivity index (χ2v) is 8.10. The first-order valence-electron chi connectivity index (χ1n) is 10.7. The Balaban J connectivity index is 1.86. The summed E-state index contributed by atoms with van der Waals surface area (Å²) in [5, 5.41) is 26.2. The molecule has 0 spiro atoms. The van der Waals surface area contributed by atoms with Crippen LogP contribution in [0.3, 0.4) is 0 Å². The summed E-state index contributed by atoms with van der Waals surface area (Å²) in [5.41, 5.74) is 1.89. The van der Waals surface area contributed by atoms with Crippen molar-refractivity contribution in [1.82, 2.24) is 19.7 Å². The molecule has 0 radical (unpaired) electrons. The molecule has 0 aliphatic carbocycles. The van der Waals surface area contributed by atoms with Crippen LogP contribution in [0.4, 0.5) is 5.69 Å². The number of nitrogens with zero attached hydrogens (tertiary/aromatic N) is 5. The fourth-order valence-electron chi connectivity index (χ4n) is 4.05. The lowest BCUT2D eigenvalue weighted by Crippen LogP contribution is -2.29. The number of anilines is 1. The third-order valence-corrected chi connectivity index (χ3v) is 5.82. The molecule has 0 saturated carbocycles. The van der Waals surface area contributed by atoms with Crippen LogP contribution in [0.2, 0.25) is 0 Å². The van der Waals surface area contributed by atoms with Crippen LogP contribution in [0.25, 0.3) is 0 Å². The summed E-state index contributed by atoms with van der Waals surface area (Å²) < 4.78 is 5.91. The molecule has 4 aromatic rings. The van der Waals surface area contributed by atoms with Gasteiger partial charge in [0.1, 0.15) is 17.8 Å². The SMILES string of the molecule is Cc1ccc(C(c2ccccc2C#N)C(C)c2nc(C(=O)Nc3cnoc3)c(O)c(=O)n2C)cn1. The van der Waals surface area contributed by atoms with Crippen molar-refractivity contribution in [3.63, 3.8) is 0 Å². The minimum Gasteiger partial charge on any atom is -0.501 e. The van der Waals surface area contributed by atoms with E-state index >= 15 is 0 Å². The Labute approximate surface area is 200 Å². The van der Waals surface area contributed by atoms with E-state index in [1.165, 1.54) is 24.1 Å². The van der Waals surface area contributed by atoms with Crippen molar-refractivity contribution in [2.75, 3.05) is 5.32 Å². The zero-order valence-corrected chi connectivity index (χ0v) is 19.3. The Bertz CT molecular complexity index is 1470. The predicted octanol–water partition coefficient (Wildman–Crippen LogP) is 3.24. The molecule has 2 N–H and O–H groups in total. The zero-order valence-electron chi connectivity index (χ0n) is 19.3. The highest BCUT2D eigenvalue weighted by Gasteiger charge is 2.30. The van der Waals surface area contributed by atoms with Gasteiger partial charge >= 0.3 is 0 Å². The Hall–Kier alpha value is -4.78. The summed E-state index contributed by atoms with van der Waals surface area (Å²) in [6.07, 6.45) is 4.21. The van der Waals surface area contributed by atoms with Crippen LogP contribution in [0, 0.1) is 18.3 Å². The summed E-state index contributed by atoms with van der Waals surface area (Å²) in [5.74, 6) is -2.22. The summed E-state index contributed by atoms with van der Waals surface area (Å²) in [6, 6.07) is 13.2. The van der Waals surface area contributed by atoms with Crippen LogP contribution in [0.5, 0.6) is 5.75 Å². The maximum absolute atomic E-state index is 12.9. The van der Waals surface area contributed by atoms with Crippen LogP contribution in [-0.2, 0) is 7.05 Å². The Morgan fingerprint density at radius 2 is 2.00 bits per heavy atom. The molecule has 3 aromatic heterocycles. The van der Waals surface area contributed by atoms with E-state index in [0.717, 1.165) is 16.8 Å². The van der Waals surface area contributed by atoms with Gasteiger partial charge in [-0.3, -0.25) is 19.1 Å². The van der Waals surface area contributed by atoms with Crippen molar-refractivity contribution in [3.8, 4) is 11.8 Å². The van der Waals surface area contributed by atoms with Crippen molar-refractivity contribution in [2.24, 2.45) is 7.05 Å². The quantitative estimate of drug-likeness (QED) is 0.436. The third-order valence-electron chi connectivity index (χ3n) is 5.82. The standard InChI is InChI=1S/C25H22N6O4/c1-14-8-9-17(11-27-14)20(19-7-5-4-6-16(19)10-26)15(2)23-30-21(22(32)25(34)31(23)3)24(33)29-18-12-28-35-13-18/h4-9,11-13,15,20,32H,1-3H3,(H,29,33). The van der Waals surface area contributed by atoms with Gasteiger partial charge in [0.25, 0.3) is 11.5 Å². The van der Waals surface area contributed by atoms with Crippen molar-refractivity contribution in [1.29, 1.82) is 5.26 Å². The second-order valence-electron chi connectivity index (χ2n) is 8.10. The van der Waals surface area contributed by atoms with Gasteiger partial charge in [0, 0.05) is 30.8 Å². The molecule has 35 heavy (non-hydrogen) atoms. The third kappa shape index (κ3) is 4.52. The number of aromatic nitrogens is 4. The topological polar surface area (TPSA) is 147 Å². The highest BCUT2D eigenvalue weighted by atomic mass is 16.5. The van der Waals surface area contributed by atoms with Crippen molar-refractivity contribution >= 4 is 11.6 Å². The molecule has 1 aromatic carbocycles. The molecule has 10 heteroatoms. The molecule has 0 aliphatic heterocycles. The zero-order chi connectivity index (χ0) is 25.1. The van der Waals surface area contributed by atoms with Gasteiger partial charge in [0.2, 0.25) is 5.75 Å². The van der Waals surface area contributed by atoms with Gasteiger partial charge in [0.05, 0.1) is 17.8 Å². The van der Waals surface area contributed by atoms with Crippen LogP contribution < -0.4 is 10.9 Å². The van der Waals surface area contributed by atoms with E-state index in [2.05, 4.69) is 26.5 Å². The molecule has 176 valence electrons. The second kappa shape index (κ2) is 9.61. The summed E-state index contributed by atoms with van der Waals surface area (Å²) in [6.45, 7) is 3.72. The van der Waals surface area contributed by atoms with E-state index in [1.807, 2.05) is 38.1 Å². The molecule has 0 fully saturated rings. The molecule has 4 rings (SSSR count). The number of aryl methyl sites for hydroxylation is 1. The molecule has 0 aliphatic rings. The molecule has 1 amide bonds. The van der Waals surface area contributed by atoms with Crippen molar-refractivity contribution in [2.45, 2.75) is 25.7 Å². The highest BCUT2D eigenvalue weighted by Crippen LogP contribution is 2.39. The predicted molar refractivity (Wildman–Crippen MR) is 126 cm³/mol. The van der Waals surface area contributed by atoms with Crippen LogP contribution >= 0.6 is 0 Å². The highest BCUT2D eigenvalue weighted by molar-refractivity contribution is 6.04. The maximum atomic E-state index is 12.9. The van der Waals surface area contributed by atoms with Crippen LogP contribution in [0.15, 0.2) is 64.4 Å². The van der Waals surface area contributed by atoms with Gasteiger partial charge in [-0.05, 0) is 30.2 Å². The van der Waals surface area contributed by atoms with E-state index < -0.39 is 34.7 Å². The van der Waals surface area contributed by atoms with E-state index in [9.17, 15) is 20.0 Å². The number of carbonyl (C=O) groups excluding carboxylic acids is 1. The first kappa shape index (κ1) is 23.4. The van der Waals surface area contributed by atoms with Crippen LogP contribution in [0.1, 0.15) is 57.5 Å². The molecule has 0 saturated heterocycles. The van der Waals surface area contributed by atoms with Crippen LogP contribution in [-0.4, -0.2) is 30.7 Å². The lowest BCUT2D eigenvalue weighted by atomic mass is 9.79. The normalized spacial score (nSPS) is 12.5. The Morgan fingerprint density at radius 1 is 1.23 bits per heavy atom. The number of benzene rings is 1. The average molecular weight is 470 g/mol. The molecule has 3 heterocycles. The van der Waals surface area contributed by atoms with Gasteiger partial charge < -0.3 is 14.9 Å². The largest absolute Gasteiger partial charge is 0.501 e. The number of amides is 1. The van der Waals surface area contributed by atoms with Gasteiger partial charge in [0.15, 0.2) is 5.69 Å². The fourth-order valence-corrected chi connectivity index (χ4v) is 4.05. The van der Waals surface area contributed by atoms with E-state index in [1.54, 1.807) is 18.3 Å². The Kier molecular flexibility index (Phi) is 6.42. The number of aromatic hydroxyl groups is 1. The van der Waals surface area contributed by atoms with E-state index in [-0.39, 0.29) is 11.5 Å². The first-order valence-corrected chi connectivity index (χ1v) is 10.7. The minimum atomic E-state index is -0.789. The number of hydrogen-bond donors (Lipinski definition) is 2. The smallest absolute Gasteiger partial charge is 0.296 e. The maximum Gasteiger partial charge on any atom is 0.296 e. The Morgan fingerprint density at radius 3 is 2.66 bits per heavy atom. The molecule has 2 unspecified atom stereocenters. The van der Waals surface area contributed by atoms with Crippen molar-refractivity contribution in [3.05, 3.63) is 99.3 Å². The summed E-state index contributed by atoms with van der Waals surface area (Å²) >= 11 is 0. The first-order chi connectivity index (χ1) is 16.8. The number of hydrogen-bond acceptors (Lipinski definition) is 8. The summed E-state index contributed by atoms with van der Waals surface area (Å²) in [4.78, 5) is 34.5. The lowest BCUT2D eigenvalue weighted by molar-refractivity contribution is 0.101. The van der Waals surface area contributed by atoms with Gasteiger partial charge in [-0.25, -0.2) is 4.98 Å². The fraction of sp³-hybridized carbons (Fsp3) is 0.200. The lowest BCUT2D eigenvalue weighted by Gasteiger charge is -2.27. The molecular formula is C25H22N6O4. The number of carbonyl (C=O) groups is 1. The van der Waals surface area contributed by atoms with E-state index in [4.69, 9.17) is 4.52 Å². The van der Waals surface area contributed by atoms with Crippen molar-refractivity contribution < 1.29 is 14.4 Å². The average Bonchev–Trinajstić information content (AvgIpc) is 3.37. The monoisotopic (exact) mass is 470 g/mol. The van der Waals surface area contributed by atoms with Gasteiger partial charge in [-0.15, -0.1) is 0 Å². The minimum absolute atomic E-state index is 0.248. The van der Waals surface area contributed by atoms with Gasteiger partial charge in [-0.2, -0.15) is 5.26 Å².